The zero-order chi connectivity index (χ0) is 15.2. The molecule has 1 aromatic heterocycles. The van der Waals surface area contributed by atoms with Crippen molar-refractivity contribution in [2.45, 2.75) is 43.9 Å². The molecule has 1 aliphatic carbocycles. The van der Waals surface area contributed by atoms with E-state index in [9.17, 15) is 4.79 Å². The molecule has 0 saturated heterocycles. The Balaban J connectivity index is 2.13. The van der Waals surface area contributed by atoms with E-state index in [0.29, 0.717) is 35.0 Å². The second-order valence-electron chi connectivity index (χ2n) is 5.19. The zero-order valence-corrected chi connectivity index (χ0v) is 13.4. The number of pyridine rings is 1. The third-order valence-electron chi connectivity index (χ3n) is 3.77. The number of aromatic nitrogens is 1. The molecule has 21 heavy (non-hydrogen) atoms. The maximum absolute atomic E-state index is 11.9. The normalized spacial score (nSPS) is 21.8. The molecule has 2 atom stereocenters. The first kappa shape index (κ1) is 15.9. The maximum Gasteiger partial charge on any atom is 0.340 e. The van der Waals surface area contributed by atoms with Crippen LogP contribution in [0.2, 0.25) is 0 Å². The number of esters is 1. The maximum atomic E-state index is 11.9. The summed E-state index contributed by atoms with van der Waals surface area (Å²) in [5, 5.41) is 4.04. The molecule has 5 nitrogen and oxygen atoms in total. The standard InChI is InChI=1S/C15H23N3O2S/c1-3-20-15(19)10-8-14(17-9-11(10)16)18-12-6-4-5-7-13(12)21-2/h8-9,12-13H,3-7,16H2,1-2H3,(H,17,18). The van der Waals surface area contributed by atoms with E-state index < -0.39 is 5.97 Å². The van der Waals surface area contributed by atoms with Gasteiger partial charge in [0.2, 0.25) is 0 Å². The van der Waals surface area contributed by atoms with Crippen LogP contribution in [0.1, 0.15) is 43.0 Å². The molecule has 0 radical (unpaired) electrons. The van der Waals surface area contributed by atoms with Gasteiger partial charge in [0.15, 0.2) is 0 Å². The fourth-order valence-corrected chi connectivity index (χ4v) is 3.60. The molecule has 1 heterocycles. The number of nitrogens with zero attached hydrogens (tertiary/aromatic N) is 1. The van der Waals surface area contributed by atoms with E-state index in [0.717, 1.165) is 6.42 Å². The molecule has 116 valence electrons. The van der Waals surface area contributed by atoms with Crippen LogP contribution in [0.4, 0.5) is 11.5 Å². The zero-order valence-electron chi connectivity index (χ0n) is 12.6. The SMILES string of the molecule is CCOC(=O)c1cc(NC2CCCCC2SC)ncc1N. The van der Waals surface area contributed by atoms with Crippen molar-refractivity contribution in [1.82, 2.24) is 4.98 Å². The van der Waals surface area contributed by atoms with Gasteiger partial charge in [-0.2, -0.15) is 11.8 Å². The molecule has 0 spiro atoms. The lowest BCUT2D eigenvalue weighted by atomic mass is 9.95. The van der Waals surface area contributed by atoms with Gasteiger partial charge in [0.25, 0.3) is 0 Å². The van der Waals surface area contributed by atoms with Crippen LogP contribution in [0.25, 0.3) is 0 Å². The van der Waals surface area contributed by atoms with Crippen molar-refractivity contribution in [2.24, 2.45) is 0 Å². The van der Waals surface area contributed by atoms with E-state index in [-0.39, 0.29) is 0 Å². The van der Waals surface area contributed by atoms with Crippen LogP contribution < -0.4 is 11.1 Å². The fourth-order valence-electron chi connectivity index (χ4n) is 2.66. The number of carbonyl (C=O) groups excluding carboxylic acids is 1. The third-order valence-corrected chi connectivity index (χ3v) is 4.94. The average Bonchev–Trinajstić information content (AvgIpc) is 2.50. The molecule has 2 unspecified atom stereocenters. The average molecular weight is 309 g/mol. The molecular weight excluding hydrogens is 286 g/mol. The number of rotatable bonds is 5. The Kier molecular flexibility index (Phi) is 5.73. The fraction of sp³-hybridized carbons (Fsp3) is 0.600. The highest BCUT2D eigenvalue weighted by molar-refractivity contribution is 7.99. The number of hydrogen-bond donors (Lipinski definition) is 2. The second kappa shape index (κ2) is 7.54. The number of nitrogens with one attached hydrogen (secondary N) is 1. The Hall–Kier alpha value is -1.43. The van der Waals surface area contributed by atoms with Gasteiger partial charge in [0.1, 0.15) is 5.82 Å². The van der Waals surface area contributed by atoms with Gasteiger partial charge in [-0.3, -0.25) is 0 Å². The Labute approximate surface area is 130 Å². The monoisotopic (exact) mass is 309 g/mol. The molecule has 1 aromatic rings. The molecule has 1 saturated carbocycles. The minimum atomic E-state index is -0.398. The van der Waals surface area contributed by atoms with E-state index in [1.54, 1.807) is 13.0 Å². The summed E-state index contributed by atoms with van der Waals surface area (Å²) in [6.45, 7) is 2.11. The molecule has 3 N–H and O–H groups in total. The van der Waals surface area contributed by atoms with E-state index in [4.69, 9.17) is 10.5 Å². The summed E-state index contributed by atoms with van der Waals surface area (Å²) >= 11 is 1.89. The molecule has 0 amide bonds. The minimum Gasteiger partial charge on any atom is -0.462 e. The summed E-state index contributed by atoms with van der Waals surface area (Å²) in [5.41, 5.74) is 6.54. The predicted octanol–water partition coefficient (Wildman–Crippen LogP) is 2.93. The first-order valence-corrected chi connectivity index (χ1v) is 8.66. The molecule has 0 aliphatic heterocycles. The Morgan fingerprint density at radius 2 is 2.29 bits per heavy atom. The highest BCUT2D eigenvalue weighted by Crippen LogP contribution is 2.29. The molecule has 2 rings (SSSR count). The molecule has 0 bridgehead atoms. The molecule has 1 aliphatic rings. The van der Waals surface area contributed by atoms with Crippen molar-refractivity contribution >= 4 is 29.2 Å². The van der Waals surface area contributed by atoms with Gasteiger partial charge in [-0.05, 0) is 32.1 Å². The van der Waals surface area contributed by atoms with Crippen molar-refractivity contribution in [1.29, 1.82) is 0 Å². The lowest BCUT2D eigenvalue weighted by Crippen LogP contribution is -2.34. The van der Waals surface area contributed by atoms with E-state index >= 15 is 0 Å². The highest BCUT2D eigenvalue weighted by atomic mass is 32.2. The number of thioether (sulfide) groups is 1. The Bertz CT molecular complexity index is 496. The molecule has 1 fully saturated rings. The minimum absolute atomic E-state index is 0.334. The molecule has 0 aromatic carbocycles. The molecule has 6 heteroatoms. The van der Waals surface area contributed by atoms with E-state index in [2.05, 4.69) is 16.6 Å². The van der Waals surface area contributed by atoms with Gasteiger partial charge in [-0.15, -0.1) is 0 Å². The Morgan fingerprint density at radius 1 is 1.52 bits per heavy atom. The highest BCUT2D eigenvalue weighted by Gasteiger charge is 2.25. The van der Waals surface area contributed by atoms with Crippen LogP contribution in [0.3, 0.4) is 0 Å². The van der Waals surface area contributed by atoms with Crippen molar-refractivity contribution in [2.75, 3.05) is 23.9 Å². The lowest BCUT2D eigenvalue weighted by molar-refractivity contribution is 0.0527. The van der Waals surface area contributed by atoms with E-state index in [1.165, 1.54) is 25.5 Å². The van der Waals surface area contributed by atoms with Gasteiger partial charge < -0.3 is 15.8 Å². The first-order chi connectivity index (χ1) is 10.2. The van der Waals surface area contributed by atoms with Gasteiger partial charge in [-0.1, -0.05) is 12.8 Å². The quantitative estimate of drug-likeness (QED) is 0.814. The second-order valence-corrected chi connectivity index (χ2v) is 6.26. The van der Waals surface area contributed by atoms with Crippen LogP contribution in [0.15, 0.2) is 12.3 Å². The largest absolute Gasteiger partial charge is 0.462 e. The van der Waals surface area contributed by atoms with Crippen molar-refractivity contribution < 1.29 is 9.53 Å². The van der Waals surface area contributed by atoms with Gasteiger partial charge in [-0.25, -0.2) is 9.78 Å². The molecular formula is C15H23N3O2S. The van der Waals surface area contributed by atoms with Crippen molar-refractivity contribution in [3.63, 3.8) is 0 Å². The van der Waals surface area contributed by atoms with Crippen LogP contribution >= 0.6 is 11.8 Å². The summed E-state index contributed by atoms with van der Waals surface area (Å²) in [5.74, 6) is 0.295. The van der Waals surface area contributed by atoms with Crippen molar-refractivity contribution in [3.05, 3.63) is 17.8 Å². The third kappa shape index (κ3) is 4.03. The summed E-state index contributed by atoms with van der Waals surface area (Å²) in [7, 11) is 0. The topological polar surface area (TPSA) is 77.2 Å². The first-order valence-electron chi connectivity index (χ1n) is 7.37. The number of hydrogen-bond acceptors (Lipinski definition) is 6. The van der Waals surface area contributed by atoms with Gasteiger partial charge >= 0.3 is 5.97 Å². The van der Waals surface area contributed by atoms with E-state index in [1.807, 2.05) is 11.8 Å². The number of anilines is 2. The van der Waals surface area contributed by atoms with Crippen LogP contribution in [-0.2, 0) is 4.74 Å². The van der Waals surface area contributed by atoms with Crippen molar-refractivity contribution in [3.8, 4) is 0 Å². The Morgan fingerprint density at radius 3 is 3.00 bits per heavy atom. The van der Waals surface area contributed by atoms with Gasteiger partial charge in [0.05, 0.1) is 24.1 Å². The number of ether oxygens (including phenoxy) is 1. The number of carbonyl (C=O) groups is 1. The number of nitrogens with two attached hydrogens (primary N) is 1. The predicted molar refractivity (Wildman–Crippen MR) is 87.8 cm³/mol. The number of nitrogen functional groups attached to an aromatic ring is 1. The smallest absolute Gasteiger partial charge is 0.340 e. The summed E-state index contributed by atoms with van der Waals surface area (Å²) in [4.78, 5) is 16.2. The van der Waals surface area contributed by atoms with Crippen LogP contribution in [-0.4, -0.2) is 35.1 Å². The van der Waals surface area contributed by atoms with Gasteiger partial charge in [0, 0.05) is 11.3 Å². The lowest BCUT2D eigenvalue weighted by Gasteiger charge is -2.31. The van der Waals surface area contributed by atoms with Crippen LogP contribution in [0, 0.1) is 0 Å². The summed E-state index contributed by atoms with van der Waals surface area (Å²) < 4.78 is 5.02. The van der Waals surface area contributed by atoms with Crippen LogP contribution in [0.5, 0.6) is 0 Å². The summed E-state index contributed by atoms with van der Waals surface area (Å²) in [6, 6.07) is 2.08. The summed E-state index contributed by atoms with van der Waals surface area (Å²) in [6.07, 6.45) is 8.53.